The second-order valence-electron chi connectivity index (χ2n) is 6.66. The summed E-state index contributed by atoms with van der Waals surface area (Å²) < 4.78 is 0. The molecular formula is C24H23N3O3. The number of hydrogen-bond acceptors (Lipinski definition) is 3. The Balaban J connectivity index is 1.54. The average molecular weight is 401 g/mol. The minimum Gasteiger partial charge on any atom is -0.348 e. The maximum Gasteiger partial charge on any atom is 0.313 e. The molecule has 6 nitrogen and oxygen atoms in total. The molecule has 0 aliphatic rings. The van der Waals surface area contributed by atoms with Crippen molar-refractivity contribution in [2.24, 2.45) is 0 Å². The van der Waals surface area contributed by atoms with Gasteiger partial charge in [-0.1, -0.05) is 72.8 Å². The van der Waals surface area contributed by atoms with E-state index in [0.717, 1.165) is 11.1 Å². The Morgan fingerprint density at radius 2 is 1.23 bits per heavy atom. The van der Waals surface area contributed by atoms with E-state index in [0.29, 0.717) is 25.1 Å². The number of anilines is 1. The van der Waals surface area contributed by atoms with E-state index in [4.69, 9.17) is 0 Å². The van der Waals surface area contributed by atoms with Gasteiger partial charge in [0.05, 0.1) is 11.3 Å². The van der Waals surface area contributed by atoms with E-state index in [2.05, 4.69) is 16.0 Å². The van der Waals surface area contributed by atoms with Crippen molar-refractivity contribution in [3.63, 3.8) is 0 Å². The van der Waals surface area contributed by atoms with E-state index in [1.165, 1.54) is 0 Å². The highest BCUT2D eigenvalue weighted by atomic mass is 16.2. The zero-order valence-corrected chi connectivity index (χ0v) is 16.4. The highest BCUT2D eigenvalue weighted by molar-refractivity contribution is 6.40. The topological polar surface area (TPSA) is 87.3 Å². The van der Waals surface area contributed by atoms with E-state index >= 15 is 0 Å². The molecule has 3 aromatic carbocycles. The van der Waals surface area contributed by atoms with E-state index in [-0.39, 0.29) is 11.6 Å². The van der Waals surface area contributed by atoms with Crippen LogP contribution in [0.5, 0.6) is 0 Å². The largest absolute Gasteiger partial charge is 0.348 e. The number of carbonyl (C=O) groups excluding carboxylic acids is 3. The number of carbonyl (C=O) groups is 3. The lowest BCUT2D eigenvalue weighted by atomic mass is 10.1. The molecule has 0 spiro atoms. The predicted molar refractivity (Wildman–Crippen MR) is 116 cm³/mol. The van der Waals surface area contributed by atoms with Crippen LogP contribution in [0.2, 0.25) is 0 Å². The first-order valence-electron chi connectivity index (χ1n) is 9.68. The van der Waals surface area contributed by atoms with Crippen molar-refractivity contribution in [2.45, 2.75) is 13.0 Å². The predicted octanol–water partition coefficient (Wildman–Crippen LogP) is 2.91. The fourth-order valence-electron chi connectivity index (χ4n) is 2.89. The lowest BCUT2D eigenvalue weighted by Gasteiger charge is -2.11. The van der Waals surface area contributed by atoms with E-state index < -0.39 is 11.8 Å². The summed E-state index contributed by atoms with van der Waals surface area (Å²) in [4.78, 5) is 36.9. The van der Waals surface area contributed by atoms with Crippen molar-refractivity contribution in [1.82, 2.24) is 10.6 Å². The van der Waals surface area contributed by atoms with Crippen molar-refractivity contribution >= 4 is 23.4 Å². The zero-order chi connectivity index (χ0) is 21.2. The summed E-state index contributed by atoms with van der Waals surface area (Å²) in [5.74, 6) is -1.89. The van der Waals surface area contributed by atoms with Gasteiger partial charge in [0.15, 0.2) is 0 Å². The van der Waals surface area contributed by atoms with Gasteiger partial charge in [-0.3, -0.25) is 14.4 Å². The number of para-hydroxylation sites is 1. The van der Waals surface area contributed by atoms with Crippen LogP contribution in [0, 0.1) is 0 Å². The summed E-state index contributed by atoms with van der Waals surface area (Å²) in [6.07, 6.45) is 0.623. The lowest BCUT2D eigenvalue weighted by Crippen LogP contribution is -2.37. The Bertz CT molecular complexity index is 1000. The van der Waals surface area contributed by atoms with Crippen LogP contribution in [-0.2, 0) is 22.6 Å². The van der Waals surface area contributed by atoms with Crippen molar-refractivity contribution < 1.29 is 14.4 Å². The monoisotopic (exact) mass is 401 g/mol. The smallest absolute Gasteiger partial charge is 0.313 e. The normalized spacial score (nSPS) is 10.1. The van der Waals surface area contributed by atoms with Crippen LogP contribution >= 0.6 is 0 Å². The van der Waals surface area contributed by atoms with Gasteiger partial charge in [0.25, 0.3) is 5.91 Å². The molecule has 0 atom stereocenters. The van der Waals surface area contributed by atoms with Gasteiger partial charge in [-0.05, 0) is 29.7 Å². The molecule has 0 heterocycles. The third-order valence-corrected chi connectivity index (χ3v) is 4.46. The Morgan fingerprint density at radius 1 is 0.633 bits per heavy atom. The van der Waals surface area contributed by atoms with Gasteiger partial charge in [0, 0.05) is 13.1 Å². The molecule has 3 N–H and O–H groups in total. The molecule has 6 heteroatoms. The maximum atomic E-state index is 12.6. The first-order valence-corrected chi connectivity index (χ1v) is 9.68. The fourth-order valence-corrected chi connectivity index (χ4v) is 2.89. The van der Waals surface area contributed by atoms with Gasteiger partial charge < -0.3 is 16.0 Å². The molecule has 3 amide bonds. The van der Waals surface area contributed by atoms with Crippen molar-refractivity contribution in [2.75, 3.05) is 11.9 Å². The summed E-state index contributed by atoms with van der Waals surface area (Å²) in [6, 6.07) is 25.8. The molecule has 0 aliphatic heterocycles. The highest BCUT2D eigenvalue weighted by Crippen LogP contribution is 2.15. The molecule has 3 aromatic rings. The molecule has 0 fully saturated rings. The van der Waals surface area contributed by atoms with E-state index in [1.807, 2.05) is 60.7 Å². The van der Waals surface area contributed by atoms with Crippen LogP contribution in [0.1, 0.15) is 21.5 Å². The molecule has 3 rings (SSSR count). The molecule has 0 saturated heterocycles. The second-order valence-corrected chi connectivity index (χ2v) is 6.66. The molecule has 0 bridgehead atoms. The molecule has 0 radical (unpaired) electrons. The molecule has 0 unspecified atom stereocenters. The first kappa shape index (κ1) is 20.8. The van der Waals surface area contributed by atoms with Crippen LogP contribution in [-0.4, -0.2) is 24.3 Å². The quantitative estimate of drug-likeness (QED) is 0.532. The Morgan fingerprint density at radius 3 is 1.93 bits per heavy atom. The van der Waals surface area contributed by atoms with Crippen molar-refractivity contribution in [3.05, 3.63) is 102 Å². The standard InChI is InChI=1S/C24H23N3O3/c28-22(26-17-19-11-5-2-6-12-19)20-13-7-8-14-21(20)27-24(30)23(29)25-16-15-18-9-3-1-4-10-18/h1-14H,15-17H2,(H,25,29)(H,26,28)(H,27,30). The van der Waals surface area contributed by atoms with Gasteiger partial charge in [-0.2, -0.15) is 0 Å². The van der Waals surface area contributed by atoms with Gasteiger partial charge in [-0.15, -0.1) is 0 Å². The Hall–Kier alpha value is -3.93. The minimum absolute atomic E-state index is 0.284. The molecule has 0 saturated carbocycles. The summed E-state index contributed by atoms with van der Waals surface area (Å²) in [7, 11) is 0. The molecule has 152 valence electrons. The van der Waals surface area contributed by atoms with Gasteiger partial charge in [0.2, 0.25) is 0 Å². The summed E-state index contributed by atoms with van der Waals surface area (Å²) in [5, 5.41) is 7.94. The average Bonchev–Trinajstić information content (AvgIpc) is 2.79. The molecule has 0 aliphatic carbocycles. The van der Waals surface area contributed by atoms with Gasteiger partial charge in [-0.25, -0.2) is 0 Å². The number of benzene rings is 3. The molecular weight excluding hydrogens is 378 g/mol. The Kier molecular flexibility index (Phi) is 7.33. The SMILES string of the molecule is O=C(NCCc1ccccc1)C(=O)Nc1ccccc1C(=O)NCc1ccccc1. The number of hydrogen-bond donors (Lipinski definition) is 3. The molecule has 0 aromatic heterocycles. The van der Waals surface area contributed by atoms with Crippen LogP contribution in [0.25, 0.3) is 0 Å². The number of rotatable bonds is 7. The highest BCUT2D eigenvalue weighted by Gasteiger charge is 2.17. The Labute approximate surface area is 175 Å². The third kappa shape index (κ3) is 6.04. The lowest BCUT2D eigenvalue weighted by molar-refractivity contribution is -0.136. The van der Waals surface area contributed by atoms with E-state index in [9.17, 15) is 14.4 Å². The number of nitrogens with one attached hydrogen (secondary N) is 3. The van der Waals surface area contributed by atoms with Crippen LogP contribution in [0.4, 0.5) is 5.69 Å². The van der Waals surface area contributed by atoms with Crippen molar-refractivity contribution in [3.8, 4) is 0 Å². The number of amides is 3. The fraction of sp³-hybridized carbons (Fsp3) is 0.125. The maximum absolute atomic E-state index is 12.6. The van der Waals surface area contributed by atoms with Crippen molar-refractivity contribution in [1.29, 1.82) is 0 Å². The first-order chi connectivity index (χ1) is 14.6. The summed E-state index contributed by atoms with van der Waals surface area (Å²) >= 11 is 0. The van der Waals surface area contributed by atoms with Crippen LogP contribution in [0.15, 0.2) is 84.9 Å². The van der Waals surface area contributed by atoms with Gasteiger partial charge in [0.1, 0.15) is 0 Å². The van der Waals surface area contributed by atoms with Crippen LogP contribution in [0.3, 0.4) is 0 Å². The summed E-state index contributed by atoms with van der Waals surface area (Å²) in [5.41, 5.74) is 2.61. The van der Waals surface area contributed by atoms with Gasteiger partial charge >= 0.3 is 11.8 Å². The second kappa shape index (κ2) is 10.6. The van der Waals surface area contributed by atoms with E-state index in [1.54, 1.807) is 24.3 Å². The minimum atomic E-state index is -0.814. The summed E-state index contributed by atoms with van der Waals surface area (Å²) in [6.45, 7) is 0.706. The zero-order valence-electron chi connectivity index (χ0n) is 16.4. The van der Waals surface area contributed by atoms with Crippen LogP contribution < -0.4 is 16.0 Å². The third-order valence-electron chi connectivity index (χ3n) is 4.46. The molecule has 30 heavy (non-hydrogen) atoms.